The van der Waals surface area contributed by atoms with Crippen LogP contribution in [0.3, 0.4) is 0 Å². The molecule has 0 aliphatic rings. The monoisotopic (exact) mass is 239 g/mol. The van der Waals surface area contributed by atoms with Crippen molar-refractivity contribution in [3.05, 3.63) is 47.4 Å². The summed E-state index contributed by atoms with van der Waals surface area (Å²) in [4.78, 5) is 18.8. The normalized spacial score (nSPS) is 11.0. The topological polar surface area (TPSA) is 50.2 Å². The Labute approximate surface area is 104 Å². The Morgan fingerprint density at radius 1 is 1.33 bits per heavy atom. The number of imidazole rings is 1. The molecule has 0 amide bonds. The second-order valence-electron chi connectivity index (χ2n) is 4.41. The molecule has 0 saturated carbocycles. The van der Waals surface area contributed by atoms with E-state index in [0.29, 0.717) is 5.69 Å². The van der Waals surface area contributed by atoms with E-state index in [2.05, 4.69) is 23.0 Å². The Bertz CT molecular complexity index is 717. The van der Waals surface area contributed by atoms with Gasteiger partial charge in [-0.15, -0.1) is 0 Å². The number of H-pyrrole nitrogens is 1. The molecule has 0 fully saturated rings. The lowest BCUT2D eigenvalue weighted by atomic mass is 10.2. The highest BCUT2D eigenvalue weighted by Gasteiger charge is 2.09. The minimum atomic E-state index is 0.603. The molecule has 3 rings (SSSR count). The van der Waals surface area contributed by atoms with E-state index in [-0.39, 0.29) is 0 Å². The summed E-state index contributed by atoms with van der Waals surface area (Å²) < 4.78 is 1.80. The smallest absolute Gasteiger partial charge is 0.166 e. The molecule has 0 aromatic carbocycles. The summed E-state index contributed by atoms with van der Waals surface area (Å²) in [6.45, 7) is 4.09. The third kappa shape index (κ3) is 1.54. The van der Waals surface area contributed by atoms with Crippen molar-refractivity contribution in [2.24, 2.45) is 0 Å². The van der Waals surface area contributed by atoms with Gasteiger partial charge in [0.1, 0.15) is 11.3 Å². The number of aromatic amines is 1. The SMILES string of the molecule is Cc1cc(-c2cn3c(C=O)cccc3n2)[nH]c1C. The summed E-state index contributed by atoms with van der Waals surface area (Å²) in [5, 5.41) is 0. The van der Waals surface area contributed by atoms with Gasteiger partial charge in [0, 0.05) is 11.9 Å². The van der Waals surface area contributed by atoms with Crippen molar-refractivity contribution in [3.8, 4) is 11.4 Å². The van der Waals surface area contributed by atoms with Gasteiger partial charge in [-0.2, -0.15) is 0 Å². The summed E-state index contributed by atoms with van der Waals surface area (Å²) in [5.74, 6) is 0. The molecule has 4 nitrogen and oxygen atoms in total. The molecule has 3 aromatic heterocycles. The Hall–Kier alpha value is -2.36. The molecule has 0 bridgehead atoms. The van der Waals surface area contributed by atoms with Crippen molar-refractivity contribution in [2.75, 3.05) is 0 Å². The number of fused-ring (bicyclic) bond motifs is 1. The molecular weight excluding hydrogens is 226 g/mol. The first-order valence-electron chi connectivity index (χ1n) is 5.79. The predicted molar refractivity (Wildman–Crippen MR) is 69.8 cm³/mol. The van der Waals surface area contributed by atoms with Crippen molar-refractivity contribution in [3.63, 3.8) is 0 Å². The molecule has 90 valence electrons. The second kappa shape index (κ2) is 3.84. The fraction of sp³-hybridized carbons (Fsp3) is 0.143. The van der Waals surface area contributed by atoms with Crippen LogP contribution < -0.4 is 0 Å². The molecule has 1 N–H and O–H groups in total. The number of carbonyl (C=O) groups is 1. The van der Waals surface area contributed by atoms with Crippen LogP contribution in [0.5, 0.6) is 0 Å². The number of rotatable bonds is 2. The zero-order valence-electron chi connectivity index (χ0n) is 10.3. The van der Waals surface area contributed by atoms with Gasteiger partial charge >= 0.3 is 0 Å². The number of hydrogen-bond acceptors (Lipinski definition) is 2. The number of nitrogens with zero attached hydrogens (tertiary/aromatic N) is 2. The number of hydrogen-bond donors (Lipinski definition) is 1. The van der Waals surface area contributed by atoms with Gasteiger partial charge in [0.05, 0.1) is 11.4 Å². The lowest BCUT2D eigenvalue weighted by Crippen LogP contribution is -1.91. The molecule has 0 unspecified atom stereocenters. The Morgan fingerprint density at radius 2 is 2.17 bits per heavy atom. The standard InChI is InChI=1S/C14H13N3O/c1-9-6-12(15-10(9)2)13-7-17-11(8-18)4-3-5-14(17)16-13/h3-8,15H,1-2H3. The van der Waals surface area contributed by atoms with Crippen LogP contribution in [0.4, 0.5) is 0 Å². The van der Waals surface area contributed by atoms with E-state index in [4.69, 9.17) is 0 Å². The molecule has 3 heterocycles. The van der Waals surface area contributed by atoms with Gasteiger partial charge < -0.3 is 4.98 Å². The van der Waals surface area contributed by atoms with E-state index in [0.717, 1.165) is 29.0 Å². The second-order valence-corrected chi connectivity index (χ2v) is 4.41. The van der Waals surface area contributed by atoms with Crippen LogP contribution in [0.25, 0.3) is 17.0 Å². The summed E-state index contributed by atoms with van der Waals surface area (Å²) in [6, 6.07) is 7.56. The van der Waals surface area contributed by atoms with E-state index in [1.54, 1.807) is 10.5 Å². The Morgan fingerprint density at radius 3 is 2.83 bits per heavy atom. The summed E-state index contributed by atoms with van der Waals surface area (Å²) >= 11 is 0. The van der Waals surface area contributed by atoms with Crippen LogP contribution >= 0.6 is 0 Å². The van der Waals surface area contributed by atoms with Crippen LogP contribution in [0.15, 0.2) is 30.5 Å². The number of nitrogens with one attached hydrogen (secondary N) is 1. The first-order chi connectivity index (χ1) is 8.69. The van der Waals surface area contributed by atoms with Crippen LogP contribution in [-0.4, -0.2) is 20.7 Å². The zero-order chi connectivity index (χ0) is 12.7. The highest BCUT2D eigenvalue weighted by Crippen LogP contribution is 2.21. The van der Waals surface area contributed by atoms with Gasteiger partial charge in [-0.3, -0.25) is 9.20 Å². The average molecular weight is 239 g/mol. The van der Waals surface area contributed by atoms with Crippen LogP contribution in [-0.2, 0) is 0 Å². The number of aldehydes is 1. The van der Waals surface area contributed by atoms with E-state index in [1.165, 1.54) is 5.56 Å². The van der Waals surface area contributed by atoms with Crippen molar-refractivity contribution < 1.29 is 4.79 Å². The van der Waals surface area contributed by atoms with E-state index < -0.39 is 0 Å². The third-order valence-electron chi connectivity index (χ3n) is 3.19. The van der Waals surface area contributed by atoms with Crippen molar-refractivity contribution in [2.45, 2.75) is 13.8 Å². The summed E-state index contributed by atoms with van der Waals surface area (Å²) in [5.41, 5.74) is 5.55. The minimum absolute atomic E-state index is 0.603. The molecule has 0 aliphatic heterocycles. The third-order valence-corrected chi connectivity index (χ3v) is 3.19. The molecule has 0 radical (unpaired) electrons. The molecular formula is C14H13N3O. The van der Waals surface area contributed by atoms with Crippen LogP contribution in [0.2, 0.25) is 0 Å². The number of pyridine rings is 1. The van der Waals surface area contributed by atoms with Gasteiger partial charge in [0.25, 0.3) is 0 Å². The van der Waals surface area contributed by atoms with E-state index in [1.807, 2.05) is 25.3 Å². The molecule has 4 heteroatoms. The van der Waals surface area contributed by atoms with Gasteiger partial charge in [-0.1, -0.05) is 6.07 Å². The molecule has 0 saturated heterocycles. The summed E-state index contributed by atoms with van der Waals surface area (Å²) in [7, 11) is 0. The largest absolute Gasteiger partial charge is 0.357 e. The number of aryl methyl sites for hydroxylation is 2. The molecule has 3 aromatic rings. The molecule has 0 atom stereocenters. The molecule has 18 heavy (non-hydrogen) atoms. The van der Waals surface area contributed by atoms with E-state index >= 15 is 0 Å². The highest BCUT2D eigenvalue weighted by molar-refractivity contribution is 5.75. The van der Waals surface area contributed by atoms with Crippen LogP contribution in [0.1, 0.15) is 21.7 Å². The Kier molecular flexibility index (Phi) is 2.30. The summed E-state index contributed by atoms with van der Waals surface area (Å²) in [6.07, 6.45) is 2.72. The maximum absolute atomic E-state index is 11.0. The highest BCUT2D eigenvalue weighted by atomic mass is 16.1. The first kappa shape index (κ1) is 10.8. The number of aromatic nitrogens is 3. The van der Waals surface area contributed by atoms with Gasteiger partial charge in [-0.05, 0) is 37.6 Å². The molecule has 0 spiro atoms. The van der Waals surface area contributed by atoms with E-state index in [9.17, 15) is 4.79 Å². The Balaban J connectivity index is 2.22. The van der Waals surface area contributed by atoms with Gasteiger partial charge in [-0.25, -0.2) is 4.98 Å². The van der Waals surface area contributed by atoms with Crippen molar-refractivity contribution in [1.29, 1.82) is 0 Å². The lowest BCUT2D eigenvalue weighted by molar-refractivity contribution is 0.111. The maximum Gasteiger partial charge on any atom is 0.166 e. The molecule has 0 aliphatic carbocycles. The predicted octanol–water partition coefficient (Wildman–Crippen LogP) is 2.76. The van der Waals surface area contributed by atoms with Gasteiger partial charge in [0.15, 0.2) is 6.29 Å². The fourth-order valence-electron chi connectivity index (χ4n) is 2.06. The quantitative estimate of drug-likeness (QED) is 0.699. The number of carbonyl (C=O) groups excluding carboxylic acids is 1. The fourth-order valence-corrected chi connectivity index (χ4v) is 2.06. The van der Waals surface area contributed by atoms with Crippen molar-refractivity contribution in [1.82, 2.24) is 14.4 Å². The maximum atomic E-state index is 11.0. The average Bonchev–Trinajstić information content (AvgIpc) is 2.93. The van der Waals surface area contributed by atoms with Gasteiger partial charge in [0.2, 0.25) is 0 Å². The lowest BCUT2D eigenvalue weighted by Gasteiger charge is -1.94. The zero-order valence-corrected chi connectivity index (χ0v) is 10.3. The van der Waals surface area contributed by atoms with Crippen molar-refractivity contribution >= 4 is 11.9 Å². The first-order valence-corrected chi connectivity index (χ1v) is 5.79. The minimum Gasteiger partial charge on any atom is -0.357 e. The van der Waals surface area contributed by atoms with Crippen LogP contribution in [0, 0.1) is 13.8 Å².